The first-order chi connectivity index (χ1) is 13.6. The van der Waals surface area contributed by atoms with E-state index in [0.29, 0.717) is 24.3 Å². The molecule has 0 fully saturated rings. The van der Waals surface area contributed by atoms with Gasteiger partial charge in [-0.15, -0.1) is 0 Å². The monoisotopic (exact) mass is 378 g/mol. The highest BCUT2D eigenvalue weighted by atomic mass is 19.1. The number of rotatable bonds is 5. The number of hydrogen-bond acceptors (Lipinski definition) is 4. The third-order valence-corrected chi connectivity index (χ3v) is 5.06. The van der Waals surface area contributed by atoms with Gasteiger partial charge in [0.1, 0.15) is 11.6 Å². The Morgan fingerprint density at radius 1 is 1.21 bits per heavy atom. The minimum atomic E-state index is -0.274. The lowest BCUT2D eigenvalue weighted by molar-refractivity contribution is 0.241. The van der Waals surface area contributed by atoms with E-state index in [1.807, 2.05) is 12.1 Å². The fourth-order valence-electron chi connectivity index (χ4n) is 3.63. The van der Waals surface area contributed by atoms with Crippen LogP contribution in [-0.4, -0.2) is 26.4 Å². The number of H-pyrrole nitrogens is 1. The number of aryl methyl sites for hydroxylation is 1. The number of halogens is 1. The van der Waals surface area contributed by atoms with Gasteiger partial charge in [-0.25, -0.2) is 9.37 Å². The summed E-state index contributed by atoms with van der Waals surface area (Å²) in [5.41, 5.74) is 3.83. The Morgan fingerprint density at radius 2 is 2.07 bits per heavy atom. The van der Waals surface area contributed by atoms with E-state index < -0.39 is 0 Å². The molecule has 1 aromatic carbocycles. The Morgan fingerprint density at radius 3 is 2.82 bits per heavy atom. The maximum absolute atomic E-state index is 13.9. The van der Waals surface area contributed by atoms with Crippen molar-refractivity contribution in [2.24, 2.45) is 0 Å². The fraction of sp³-hybridized carbons (Fsp3) is 0.318. The van der Waals surface area contributed by atoms with Crippen LogP contribution in [-0.2, 0) is 25.9 Å². The van der Waals surface area contributed by atoms with Crippen LogP contribution in [0.25, 0.3) is 11.3 Å². The van der Waals surface area contributed by atoms with Crippen molar-refractivity contribution in [3.8, 4) is 11.3 Å². The molecular weight excluding hydrogens is 355 g/mol. The zero-order valence-electron chi connectivity index (χ0n) is 15.9. The first-order valence-corrected chi connectivity index (χ1v) is 9.67. The molecule has 3 heterocycles. The second-order valence-electron chi connectivity index (χ2n) is 7.18. The van der Waals surface area contributed by atoms with E-state index >= 15 is 0 Å². The molecule has 0 saturated heterocycles. The van der Waals surface area contributed by atoms with Crippen LogP contribution in [0, 0.1) is 5.82 Å². The van der Waals surface area contributed by atoms with Crippen LogP contribution in [0.4, 0.5) is 4.39 Å². The van der Waals surface area contributed by atoms with Gasteiger partial charge in [0.05, 0.1) is 17.0 Å². The number of nitrogens with one attached hydrogen (secondary N) is 1. The average molecular weight is 378 g/mol. The molecule has 6 heteroatoms. The Bertz CT molecular complexity index is 1030. The molecule has 1 N–H and O–H groups in total. The molecule has 4 rings (SSSR count). The van der Waals surface area contributed by atoms with Gasteiger partial charge < -0.3 is 4.98 Å². The predicted molar refractivity (Wildman–Crippen MR) is 106 cm³/mol. The summed E-state index contributed by atoms with van der Waals surface area (Å²) < 4.78 is 13.9. The molecule has 0 unspecified atom stereocenters. The SMILES string of the molecule is CCCc1nc2c(c(=O)[nH]1)CN(Cc1ccc(-c3ccccc3F)nc1)CC2. The van der Waals surface area contributed by atoms with E-state index in [4.69, 9.17) is 0 Å². The number of pyridine rings is 1. The molecule has 28 heavy (non-hydrogen) atoms. The van der Waals surface area contributed by atoms with Crippen molar-refractivity contribution in [3.63, 3.8) is 0 Å². The molecule has 0 amide bonds. The number of aromatic amines is 1. The molecule has 0 saturated carbocycles. The van der Waals surface area contributed by atoms with E-state index in [1.54, 1.807) is 24.4 Å². The average Bonchev–Trinajstić information content (AvgIpc) is 2.70. The summed E-state index contributed by atoms with van der Waals surface area (Å²) in [6.07, 6.45) is 4.32. The molecule has 5 nitrogen and oxygen atoms in total. The normalized spacial score (nSPS) is 14.1. The lowest BCUT2D eigenvalue weighted by Crippen LogP contribution is -2.35. The van der Waals surface area contributed by atoms with Crippen LogP contribution in [0.5, 0.6) is 0 Å². The van der Waals surface area contributed by atoms with Crippen molar-refractivity contribution in [3.05, 3.63) is 81.4 Å². The quantitative estimate of drug-likeness (QED) is 0.738. The van der Waals surface area contributed by atoms with Crippen LogP contribution in [0.1, 0.15) is 36.0 Å². The first kappa shape index (κ1) is 18.5. The van der Waals surface area contributed by atoms with E-state index in [-0.39, 0.29) is 11.4 Å². The molecule has 0 spiro atoms. The molecule has 2 aromatic heterocycles. The zero-order chi connectivity index (χ0) is 19.5. The lowest BCUT2D eigenvalue weighted by Gasteiger charge is -2.27. The highest BCUT2D eigenvalue weighted by molar-refractivity contribution is 5.59. The molecule has 144 valence electrons. The Hall–Kier alpha value is -2.86. The van der Waals surface area contributed by atoms with Crippen LogP contribution in [0.2, 0.25) is 0 Å². The topological polar surface area (TPSA) is 61.9 Å². The largest absolute Gasteiger partial charge is 0.310 e. The summed E-state index contributed by atoms with van der Waals surface area (Å²) in [4.78, 5) is 26.6. The number of fused-ring (bicyclic) bond motifs is 1. The molecule has 0 bridgehead atoms. The standard InChI is InChI=1S/C22H23FN4O/c1-2-5-21-25-20-10-11-27(14-17(20)22(28)26-21)13-15-8-9-19(24-12-15)16-6-3-4-7-18(16)23/h3-4,6-9,12H,2,5,10-11,13-14H2,1H3,(H,25,26,28). The second-order valence-corrected chi connectivity index (χ2v) is 7.18. The number of aromatic nitrogens is 3. The lowest BCUT2D eigenvalue weighted by atomic mass is 10.1. The molecule has 0 aliphatic carbocycles. The second kappa shape index (κ2) is 8.02. The van der Waals surface area contributed by atoms with Crippen molar-refractivity contribution in [2.75, 3.05) is 6.54 Å². The fourth-order valence-corrected chi connectivity index (χ4v) is 3.63. The van der Waals surface area contributed by atoms with E-state index in [0.717, 1.165) is 48.5 Å². The highest BCUT2D eigenvalue weighted by Gasteiger charge is 2.21. The first-order valence-electron chi connectivity index (χ1n) is 9.67. The zero-order valence-corrected chi connectivity index (χ0v) is 15.9. The van der Waals surface area contributed by atoms with Crippen molar-refractivity contribution >= 4 is 0 Å². The third-order valence-electron chi connectivity index (χ3n) is 5.06. The van der Waals surface area contributed by atoms with Gasteiger partial charge in [-0.2, -0.15) is 0 Å². The highest BCUT2D eigenvalue weighted by Crippen LogP contribution is 2.21. The van der Waals surface area contributed by atoms with Gasteiger partial charge in [-0.3, -0.25) is 14.7 Å². The molecule has 3 aromatic rings. The van der Waals surface area contributed by atoms with Crippen LogP contribution >= 0.6 is 0 Å². The van der Waals surface area contributed by atoms with Gasteiger partial charge >= 0.3 is 0 Å². The molecule has 0 atom stereocenters. The van der Waals surface area contributed by atoms with Gasteiger partial charge in [0, 0.05) is 44.2 Å². The number of benzene rings is 1. The van der Waals surface area contributed by atoms with Crippen molar-refractivity contribution in [1.29, 1.82) is 0 Å². The van der Waals surface area contributed by atoms with Crippen molar-refractivity contribution < 1.29 is 4.39 Å². The van der Waals surface area contributed by atoms with Gasteiger partial charge in [-0.05, 0) is 30.2 Å². The summed E-state index contributed by atoms with van der Waals surface area (Å²) in [5, 5.41) is 0. The van der Waals surface area contributed by atoms with Gasteiger partial charge in [0.2, 0.25) is 0 Å². The number of nitrogens with zero attached hydrogens (tertiary/aromatic N) is 3. The molecule has 0 radical (unpaired) electrons. The van der Waals surface area contributed by atoms with Gasteiger partial charge in [0.15, 0.2) is 0 Å². The van der Waals surface area contributed by atoms with Crippen LogP contribution in [0.15, 0.2) is 47.4 Å². The summed E-state index contributed by atoms with van der Waals surface area (Å²) >= 11 is 0. The van der Waals surface area contributed by atoms with E-state index in [1.165, 1.54) is 6.07 Å². The van der Waals surface area contributed by atoms with Crippen LogP contribution in [0.3, 0.4) is 0 Å². The summed E-state index contributed by atoms with van der Waals surface area (Å²) in [6, 6.07) is 10.5. The summed E-state index contributed by atoms with van der Waals surface area (Å²) in [5.74, 6) is 0.511. The smallest absolute Gasteiger partial charge is 0.255 e. The van der Waals surface area contributed by atoms with Crippen molar-refractivity contribution in [2.45, 2.75) is 39.3 Å². The summed E-state index contributed by atoms with van der Waals surface area (Å²) in [6.45, 7) is 4.20. The molecule has 1 aliphatic heterocycles. The van der Waals surface area contributed by atoms with Crippen LogP contribution < -0.4 is 5.56 Å². The minimum Gasteiger partial charge on any atom is -0.310 e. The Labute approximate surface area is 163 Å². The maximum Gasteiger partial charge on any atom is 0.255 e. The Kier molecular flexibility index (Phi) is 5.30. The van der Waals surface area contributed by atoms with Gasteiger partial charge in [-0.1, -0.05) is 25.1 Å². The molecule has 1 aliphatic rings. The third kappa shape index (κ3) is 3.87. The van der Waals surface area contributed by atoms with Gasteiger partial charge in [0.25, 0.3) is 5.56 Å². The van der Waals surface area contributed by atoms with E-state index in [2.05, 4.69) is 26.8 Å². The minimum absolute atomic E-state index is 0.0221. The van der Waals surface area contributed by atoms with Crippen molar-refractivity contribution in [1.82, 2.24) is 19.9 Å². The maximum atomic E-state index is 13.9. The number of hydrogen-bond donors (Lipinski definition) is 1. The predicted octanol–water partition coefficient (Wildman–Crippen LogP) is 3.48. The Balaban J connectivity index is 1.47. The molecular formula is C22H23FN4O. The van der Waals surface area contributed by atoms with E-state index in [9.17, 15) is 9.18 Å². The summed E-state index contributed by atoms with van der Waals surface area (Å²) in [7, 11) is 0.